The Kier molecular flexibility index (Phi) is 3.61. The number of ether oxygens (including phenoxy) is 1. The minimum absolute atomic E-state index is 0.134. The molecule has 0 aliphatic rings. The first-order valence-corrected chi connectivity index (χ1v) is 5.52. The third-order valence-electron chi connectivity index (χ3n) is 2.41. The van der Waals surface area contributed by atoms with Crippen molar-refractivity contribution in [3.8, 4) is 0 Å². The fourth-order valence-electron chi connectivity index (χ4n) is 1.47. The molecule has 0 saturated carbocycles. The lowest BCUT2D eigenvalue weighted by atomic mass is 10.2. The van der Waals surface area contributed by atoms with Gasteiger partial charge in [0.05, 0.1) is 18.9 Å². The van der Waals surface area contributed by atoms with Crippen molar-refractivity contribution in [1.82, 2.24) is 4.98 Å². The lowest BCUT2D eigenvalue weighted by Crippen LogP contribution is -2.11. The Bertz CT molecular complexity index is 601. The van der Waals surface area contributed by atoms with Gasteiger partial charge in [-0.25, -0.2) is 9.78 Å². The molecule has 1 amide bonds. The summed E-state index contributed by atoms with van der Waals surface area (Å²) in [5.41, 5.74) is 0.961. The molecule has 0 saturated heterocycles. The lowest BCUT2D eigenvalue weighted by Gasteiger charge is -2.04. The molecular weight excluding hydrogens is 248 g/mol. The maximum Gasteiger partial charge on any atom is 0.337 e. The molecule has 0 aliphatic carbocycles. The van der Waals surface area contributed by atoms with Crippen LogP contribution >= 0.6 is 0 Å². The Labute approximate surface area is 109 Å². The van der Waals surface area contributed by atoms with E-state index >= 15 is 0 Å². The number of anilines is 1. The molecule has 1 aromatic carbocycles. The van der Waals surface area contributed by atoms with E-state index in [9.17, 15) is 9.59 Å². The van der Waals surface area contributed by atoms with Crippen molar-refractivity contribution in [3.05, 3.63) is 47.7 Å². The second kappa shape index (κ2) is 5.34. The van der Waals surface area contributed by atoms with Gasteiger partial charge >= 0.3 is 5.97 Å². The van der Waals surface area contributed by atoms with E-state index in [1.165, 1.54) is 13.3 Å². The molecule has 0 fully saturated rings. The Hall–Kier alpha value is -2.63. The van der Waals surface area contributed by atoms with Crippen molar-refractivity contribution < 1.29 is 18.7 Å². The van der Waals surface area contributed by atoms with Gasteiger partial charge in [-0.1, -0.05) is 0 Å². The number of hydrogen-bond acceptors (Lipinski definition) is 5. The number of rotatable bonds is 3. The number of benzene rings is 1. The number of hydrogen-bond donors (Lipinski definition) is 1. The molecule has 98 valence electrons. The first kappa shape index (κ1) is 12.8. The summed E-state index contributed by atoms with van der Waals surface area (Å²) in [6, 6.07) is 6.33. The number of methoxy groups -OCH3 is 1. The highest BCUT2D eigenvalue weighted by Gasteiger charge is 2.11. The number of nitrogens with zero attached hydrogens (tertiary/aromatic N) is 1. The van der Waals surface area contributed by atoms with E-state index in [1.807, 2.05) is 0 Å². The number of carbonyl (C=O) groups excluding carboxylic acids is 2. The highest BCUT2D eigenvalue weighted by molar-refractivity contribution is 6.02. The van der Waals surface area contributed by atoms with Crippen molar-refractivity contribution in [1.29, 1.82) is 0 Å². The van der Waals surface area contributed by atoms with Crippen LogP contribution in [-0.2, 0) is 4.74 Å². The van der Waals surface area contributed by atoms with Crippen LogP contribution in [0.3, 0.4) is 0 Å². The van der Waals surface area contributed by atoms with Crippen LogP contribution in [0.15, 0.2) is 34.9 Å². The number of nitrogens with one attached hydrogen (secondary N) is 1. The quantitative estimate of drug-likeness (QED) is 0.854. The van der Waals surface area contributed by atoms with Crippen LogP contribution in [0.2, 0.25) is 0 Å². The monoisotopic (exact) mass is 260 g/mol. The van der Waals surface area contributed by atoms with Crippen LogP contribution in [0.5, 0.6) is 0 Å². The smallest absolute Gasteiger partial charge is 0.337 e. The predicted molar refractivity (Wildman–Crippen MR) is 67.0 cm³/mol. The van der Waals surface area contributed by atoms with Gasteiger partial charge in [0.15, 0.2) is 5.89 Å². The molecule has 0 aliphatic heterocycles. The molecular formula is C13H12N2O4. The van der Waals surface area contributed by atoms with Crippen LogP contribution in [0.25, 0.3) is 0 Å². The lowest BCUT2D eigenvalue weighted by molar-refractivity contribution is 0.0600. The highest BCUT2D eigenvalue weighted by atomic mass is 16.5. The van der Waals surface area contributed by atoms with Crippen molar-refractivity contribution in [2.24, 2.45) is 0 Å². The fraction of sp³-hybridized carbons (Fsp3) is 0.154. The van der Waals surface area contributed by atoms with Crippen LogP contribution in [0, 0.1) is 6.92 Å². The average molecular weight is 260 g/mol. The van der Waals surface area contributed by atoms with Gasteiger partial charge in [0.2, 0.25) is 5.76 Å². The van der Waals surface area contributed by atoms with Gasteiger partial charge in [-0.3, -0.25) is 4.79 Å². The topological polar surface area (TPSA) is 81.4 Å². The standard InChI is InChI=1S/C13H12N2O4/c1-8-14-7-11(19-8)12(16)15-10-5-3-9(4-6-10)13(17)18-2/h3-7H,1-2H3,(H,15,16). The molecule has 0 radical (unpaired) electrons. The van der Waals surface area contributed by atoms with Crippen molar-refractivity contribution in [2.75, 3.05) is 12.4 Å². The molecule has 6 heteroatoms. The van der Waals surface area contributed by atoms with Crippen molar-refractivity contribution >= 4 is 17.6 Å². The number of esters is 1. The average Bonchev–Trinajstić information content (AvgIpc) is 2.85. The van der Waals surface area contributed by atoms with Crippen molar-refractivity contribution in [2.45, 2.75) is 6.92 Å². The zero-order chi connectivity index (χ0) is 13.8. The van der Waals surface area contributed by atoms with Crippen LogP contribution in [-0.4, -0.2) is 24.0 Å². The fourth-order valence-corrected chi connectivity index (χ4v) is 1.47. The van der Waals surface area contributed by atoms with E-state index in [0.29, 0.717) is 17.1 Å². The zero-order valence-electron chi connectivity index (χ0n) is 10.5. The minimum Gasteiger partial charge on any atom is -0.465 e. The maximum atomic E-state index is 11.8. The Balaban J connectivity index is 2.07. The second-order valence-electron chi connectivity index (χ2n) is 3.77. The predicted octanol–water partition coefficient (Wildman–Crippen LogP) is 2.02. The van der Waals surface area contributed by atoms with Crippen LogP contribution < -0.4 is 5.32 Å². The van der Waals surface area contributed by atoms with E-state index in [1.54, 1.807) is 31.2 Å². The largest absolute Gasteiger partial charge is 0.465 e. The van der Waals surface area contributed by atoms with Gasteiger partial charge in [0.25, 0.3) is 5.91 Å². The van der Waals surface area contributed by atoms with E-state index in [-0.39, 0.29) is 5.76 Å². The van der Waals surface area contributed by atoms with Gasteiger partial charge < -0.3 is 14.5 Å². The third-order valence-corrected chi connectivity index (χ3v) is 2.41. The van der Waals surface area contributed by atoms with Gasteiger partial charge in [-0.2, -0.15) is 0 Å². The van der Waals surface area contributed by atoms with Gasteiger partial charge in [-0.05, 0) is 24.3 Å². The molecule has 1 heterocycles. The van der Waals surface area contributed by atoms with E-state index in [4.69, 9.17) is 4.42 Å². The Morgan fingerprint density at radius 3 is 2.47 bits per heavy atom. The third kappa shape index (κ3) is 2.98. The number of amides is 1. The molecule has 19 heavy (non-hydrogen) atoms. The highest BCUT2D eigenvalue weighted by Crippen LogP contribution is 2.12. The summed E-state index contributed by atoms with van der Waals surface area (Å²) in [6.45, 7) is 1.65. The Morgan fingerprint density at radius 2 is 1.95 bits per heavy atom. The molecule has 0 spiro atoms. The minimum atomic E-state index is -0.427. The Morgan fingerprint density at radius 1 is 1.26 bits per heavy atom. The first-order valence-electron chi connectivity index (χ1n) is 5.52. The summed E-state index contributed by atoms with van der Waals surface area (Å²) >= 11 is 0. The number of carbonyl (C=O) groups is 2. The van der Waals surface area contributed by atoms with E-state index < -0.39 is 11.9 Å². The summed E-state index contributed by atoms with van der Waals surface area (Å²) in [4.78, 5) is 26.8. The summed E-state index contributed by atoms with van der Waals surface area (Å²) < 4.78 is 9.68. The number of aryl methyl sites for hydroxylation is 1. The molecule has 6 nitrogen and oxygen atoms in total. The molecule has 1 N–H and O–H groups in total. The SMILES string of the molecule is COC(=O)c1ccc(NC(=O)c2cnc(C)o2)cc1. The zero-order valence-corrected chi connectivity index (χ0v) is 10.5. The molecule has 0 unspecified atom stereocenters. The number of aromatic nitrogens is 1. The van der Waals surface area contributed by atoms with Crippen LogP contribution in [0.4, 0.5) is 5.69 Å². The number of oxazole rings is 1. The van der Waals surface area contributed by atoms with Gasteiger partial charge in [-0.15, -0.1) is 0 Å². The van der Waals surface area contributed by atoms with E-state index in [0.717, 1.165) is 0 Å². The normalized spacial score (nSPS) is 10.0. The molecule has 1 aromatic heterocycles. The summed E-state index contributed by atoms with van der Waals surface area (Å²) in [5.74, 6) is -0.268. The summed E-state index contributed by atoms with van der Waals surface area (Å²) in [5, 5.41) is 2.63. The van der Waals surface area contributed by atoms with Gasteiger partial charge in [0, 0.05) is 12.6 Å². The summed E-state index contributed by atoms with van der Waals surface area (Å²) in [6.07, 6.45) is 1.35. The molecule has 2 aromatic rings. The molecule has 0 atom stereocenters. The summed E-state index contributed by atoms with van der Waals surface area (Å²) in [7, 11) is 1.31. The molecule has 0 bridgehead atoms. The first-order chi connectivity index (χ1) is 9.10. The second-order valence-corrected chi connectivity index (χ2v) is 3.77. The van der Waals surface area contributed by atoms with E-state index in [2.05, 4.69) is 15.0 Å². The van der Waals surface area contributed by atoms with Gasteiger partial charge in [0.1, 0.15) is 0 Å². The maximum absolute atomic E-state index is 11.8. The van der Waals surface area contributed by atoms with Crippen molar-refractivity contribution in [3.63, 3.8) is 0 Å². The molecule has 2 rings (SSSR count). The van der Waals surface area contributed by atoms with Crippen LogP contribution in [0.1, 0.15) is 26.8 Å².